The summed E-state index contributed by atoms with van der Waals surface area (Å²) in [6.45, 7) is 1.80. The van der Waals surface area contributed by atoms with Crippen LogP contribution in [0.15, 0.2) is 53.7 Å². The zero-order valence-corrected chi connectivity index (χ0v) is 11.3. The first-order valence-electron chi connectivity index (χ1n) is 5.88. The average molecular weight is 279 g/mol. The van der Waals surface area contributed by atoms with Gasteiger partial charge in [0, 0.05) is 6.20 Å². The second kappa shape index (κ2) is 5.48. The number of hydrogen-bond donors (Lipinski definition) is 0. The molecule has 0 N–H and O–H groups in total. The Balaban J connectivity index is 2.19. The van der Waals surface area contributed by atoms with E-state index in [2.05, 4.69) is 4.98 Å². The molecule has 0 unspecified atom stereocenters. The smallest absolute Gasteiger partial charge is 0.196 e. The van der Waals surface area contributed by atoms with Crippen molar-refractivity contribution in [1.29, 1.82) is 0 Å². The van der Waals surface area contributed by atoms with E-state index in [0.29, 0.717) is 0 Å². The largest absolute Gasteiger partial charge is 0.245 e. The minimum absolute atomic E-state index is 0.0460. The van der Waals surface area contributed by atoms with E-state index in [0.717, 1.165) is 5.56 Å². The standard InChI is InChI=1S/C14H14FNO2S/c1-11(12-5-7-13(15)8-6-12)10-19(17,18)14-4-2-3-9-16-14/h2-9,11H,10H2,1H3/t11-/m1/s1. The lowest BCUT2D eigenvalue weighted by atomic mass is 10.0. The van der Waals surface area contributed by atoms with Gasteiger partial charge in [0.05, 0.1) is 5.75 Å². The molecule has 0 spiro atoms. The normalized spacial score (nSPS) is 13.2. The molecule has 0 aliphatic rings. The van der Waals surface area contributed by atoms with Crippen molar-refractivity contribution in [3.63, 3.8) is 0 Å². The number of sulfone groups is 1. The first-order valence-corrected chi connectivity index (χ1v) is 7.53. The van der Waals surface area contributed by atoms with Crippen molar-refractivity contribution in [2.75, 3.05) is 5.75 Å². The van der Waals surface area contributed by atoms with Gasteiger partial charge >= 0.3 is 0 Å². The van der Waals surface area contributed by atoms with Crippen LogP contribution in [0.3, 0.4) is 0 Å². The lowest BCUT2D eigenvalue weighted by Gasteiger charge is -2.12. The van der Waals surface area contributed by atoms with Gasteiger partial charge in [0.1, 0.15) is 5.82 Å². The van der Waals surface area contributed by atoms with Gasteiger partial charge < -0.3 is 0 Å². The van der Waals surface area contributed by atoms with Gasteiger partial charge in [-0.3, -0.25) is 0 Å². The topological polar surface area (TPSA) is 47.0 Å². The molecule has 1 atom stereocenters. The number of rotatable bonds is 4. The maximum atomic E-state index is 12.8. The number of benzene rings is 1. The highest BCUT2D eigenvalue weighted by Gasteiger charge is 2.20. The Hall–Kier alpha value is -1.75. The van der Waals surface area contributed by atoms with Crippen LogP contribution in [0.4, 0.5) is 4.39 Å². The molecule has 2 aromatic rings. The third-order valence-electron chi connectivity index (χ3n) is 2.86. The van der Waals surface area contributed by atoms with Crippen LogP contribution in [-0.4, -0.2) is 19.2 Å². The van der Waals surface area contributed by atoms with Gasteiger partial charge in [-0.25, -0.2) is 17.8 Å². The number of hydrogen-bond acceptors (Lipinski definition) is 3. The Kier molecular flexibility index (Phi) is 3.95. The molecule has 19 heavy (non-hydrogen) atoms. The van der Waals surface area contributed by atoms with Crippen LogP contribution in [0.2, 0.25) is 0 Å². The summed E-state index contributed by atoms with van der Waals surface area (Å²) in [6.07, 6.45) is 1.45. The summed E-state index contributed by atoms with van der Waals surface area (Å²) in [5, 5.41) is 0.0731. The Bertz CT molecular complexity index is 639. The number of nitrogens with zero attached hydrogens (tertiary/aromatic N) is 1. The Morgan fingerprint density at radius 2 is 1.84 bits per heavy atom. The molecule has 0 bridgehead atoms. The molecule has 0 aliphatic carbocycles. The van der Waals surface area contributed by atoms with Gasteiger partial charge in [-0.15, -0.1) is 0 Å². The van der Waals surface area contributed by atoms with E-state index in [4.69, 9.17) is 0 Å². The molecule has 1 aromatic carbocycles. The molecule has 100 valence electrons. The van der Waals surface area contributed by atoms with Crippen LogP contribution < -0.4 is 0 Å². The summed E-state index contributed by atoms with van der Waals surface area (Å²) in [5.41, 5.74) is 0.793. The summed E-state index contributed by atoms with van der Waals surface area (Å²) in [6, 6.07) is 10.7. The highest BCUT2D eigenvalue weighted by atomic mass is 32.2. The van der Waals surface area contributed by atoms with E-state index in [-0.39, 0.29) is 22.5 Å². The van der Waals surface area contributed by atoms with E-state index in [1.807, 2.05) is 0 Å². The molecular weight excluding hydrogens is 265 g/mol. The van der Waals surface area contributed by atoms with Crippen molar-refractivity contribution in [3.05, 3.63) is 60.0 Å². The average Bonchev–Trinajstić information content (AvgIpc) is 2.40. The quantitative estimate of drug-likeness (QED) is 0.864. The predicted molar refractivity (Wildman–Crippen MR) is 71.1 cm³/mol. The third-order valence-corrected chi connectivity index (χ3v) is 4.68. The molecule has 0 fully saturated rings. The van der Waals surface area contributed by atoms with Crippen molar-refractivity contribution in [2.24, 2.45) is 0 Å². The molecule has 3 nitrogen and oxygen atoms in total. The molecule has 1 heterocycles. The first-order chi connectivity index (χ1) is 8.99. The van der Waals surface area contributed by atoms with Crippen LogP contribution in [0, 0.1) is 5.82 Å². The van der Waals surface area contributed by atoms with Crippen LogP contribution >= 0.6 is 0 Å². The summed E-state index contributed by atoms with van der Waals surface area (Å²) in [4.78, 5) is 3.86. The predicted octanol–water partition coefficient (Wildman–Crippen LogP) is 2.80. The van der Waals surface area contributed by atoms with E-state index in [1.165, 1.54) is 24.4 Å². The minimum atomic E-state index is -3.42. The lowest BCUT2D eigenvalue weighted by molar-refractivity contribution is 0.586. The Labute approximate surface area is 112 Å². The molecule has 0 saturated carbocycles. The molecule has 2 rings (SSSR count). The van der Waals surface area contributed by atoms with Crippen molar-refractivity contribution in [2.45, 2.75) is 17.9 Å². The zero-order chi connectivity index (χ0) is 13.9. The van der Waals surface area contributed by atoms with Gasteiger partial charge in [0.15, 0.2) is 14.9 Å². The van der Waals surface area contributed by atoms with Crippen molar-refractivity contribution < 1.29 is 12.8 Å². The molecule has 0 amide bonds. The van der Waals surface area contributed by atoms with Crippen LogP contribution in [0.1, 0.15) is 18.4 Å². The molecule has 0 aliphatic heterocycles. The summed E-state index contributed by atoms with van der Waals surface area (Å²) < 4.78 is 37.1. The van der Waals surface area contributed by atoms with Crippen molar-refractivity contribution in [1.82, 2.24) is 4.98 Å². The molecular formula is C14H14FNO2S. The minimum Gasteiger partial charge on any atom is -0.245 e. The van der Waals surface area contributed by atoms with Gasteiger partial charge in [0.25, 0.3) is 0 Å². The van der Waals surface area contributed by atoms with Crippen molar-refractivity contribution in [3.8, 4) is 0 Å². The summed E-state index contributed by atoms with van der Waals surface area (Å²) in [7, 11) is -3.42. The van der Waals surface area contributed by atoms with Crippen LogP contribution in [0.25, 0.3) is 0 Å². The van der Waals surface area contributed by atoms with Crippen molar-refractivity contribution >= 4 is 9.84 Å². The monoisotopic (exact) mass is 279 g/mol. The number of aromatic nitrogens is 1. The van der Waals surface area contributed by atoms with Crippen LogP contribution in [-0.2, 0) is 9.84 Å². The molecule has 1 aromatic heterocycles. The van der Waals surface area contributed by atoms with E-state index >= 15 is 0 Å². The summed E-state index contributed by atoms with van der Waals surface area (Å²) >= 11 is 0. The maximum Gasteiger partial charge on any atom is 0.196 e. The molecule has 0 saturated heterocycles. The highest BCUT2D eigenvalue weighted by Crippen LogP contribution is 2.20. The fraction of sp³-hybridized carbons (Fsp3) is 0.214. The fourth-order valence-corrected chi connectivity index (χ4v) is 3.36. The lowest BCUT2D eigenvalue weighted by Crippen LogP contribution is -2.14. The van der Waals surface area contributed by atoms with Gasteiger partial charge in [-0.2, -0.15) is 0 Å². The van der Waals surface area contributed by atoms with E-state index in [9.17, 15) is 12.8 Å². The third kappa shape index (κ3) is 3.38. The number of pyridine rings is 1. The first kappa shape index (κ1) is 13.7. The Morgan fingerprint density at radius 1 is 1.16 bits per heavy atom. The van der Waals surface area contributed by atoms with Gasteiger partial charge in [-0.05, 0) is 35.7 Å². The Morgan fingerprint density at radius 3 is 2.42 bits per heavy atom. The zero-order valence-electron chi connectivity index (χ0n) is 10.5. The van der Waals surface area contributed by atoms with E-state index in [1.54, 1.807) is 31.2 Å². The second-order valence-electron chi connectivity index (χ2n) is 4.40. The fourth-order valence-electron chi connectivity index (χ4n) is 1.83. The number of halogens is 1. The molecule has 5 heteroatoms. The summed E-state index contributed by atoms with van der Waals surface area (Å²) in [5.74, 6) is -0.591. The highest BCUT2D eigenvalue weighted by molar-refractivity contribution is 7.91. The second-order valence-corrected chi connectivity index (χ2v) is 6.38. The van der Waals surface area contributed by atoms with E-state index < -0.39 is 9.84 Å². The van der Waals surface area contributed by atoms with Crippen LogP contribution in [0.5, 0.6) is 0 Å². The molecule has 0 radical (unpaired) electrons. The van der Waals surface area contributed by atoms with Gasteiger partial charge in [0.2, 0.25) is 0 Å². The maximum absolute atomic E-state index is 12.8. The van der Waals surface area contributed by atoms with Gasteiger partial charge in [-0.1, -0.05) is 25.1 Å². The SMILES string of the molecule is C[C@H](CS(=O)(=O)c1ccccn1)c1ccc(F)cc1.